The van der Waals surface area contributed by atoms with Gasteiger partial charge in [-0.25, -0.2) is 0 Å². The monoisotopic (exact) mass is 385 g/mol. The summed E-state index contributed by atoms with van der Waals surface area (Å²) in [5, 5.41) is 12.6. The topological polar surface area (TPSA) is 65.4 Å². The maximum Gasteiger partial charge on any atom is 0.262 e. The molecule has 0 aliphatic carbocycles. The first kappa shape index (κ1) is 23.7. The Kier molecular flexibility index (Phi) is 8.26. The lowest BCUT2D eigenvalue weighted by atomic mass is 9.97. The molecule has 0 saturated carbocycles. The summed E-state index contributed by atoms with van der Waals surface area (Å²) in [5.41, 5.74) is 2.09. The standard InChI is InChI=1S/C23H35N3O2/c1-9-23(5,6)28-15-14-22(3,4)25-21(27)20(16-24)17(2)18-10-12-19(13-11-18)26(7)8/h10-13H,9,14-15H2,1-8H3,(H,25,27). The van der Waals surface area contributed by atoms with E-state index < -0.39 is 5.54 Å². The molecule has 1 aromatic rings. The minimum absolute atomic E-state index is 0.139. The predicted molar refractivity (Wildman–Crippen MR) is 116 cm³/mol. The molecule has 0 atom stereocenters. The first-order chi connectivity index (χ1) is 12.9. The molecule has 0 aliphatic rings. The van der Waals surface area contributed by atoms with Gasteiger partial charge in [-0.15, -0.1) is 0 Å². The average molecular weight is 386 g/mol. The second-order valence-corrected chi connectivity index (χ2v) is 8.60. The summed E-state index contributed by atoms with van der Waals surface area (Å²) in [6.07, 6.45) is 1.59. The highest BCUT2D eigenvalue weighted by atomic mass is 16.5. The fourth-order valence-corrected chi connectivity index (χ4v) is 2.58. The predicted octanol–water partition coefficient (Wildman–Crippen LogP) is 4.54. The van der Waals surface area contributed by atoms with Crippen molar-refractivity contribution < 1.29 is 9.53 Å². The molecule has 154 valence electrons. The summed E-state index contributed by atoms with van der Waals surface area (Å²) in [4.78, 5) is 14.8. The Morgan fingerprint density at radius 1 is 1.18 bits per heavy atom. The van der Waals surface area contributed by atoms with E-state index >= 15 is 0 Å². The van der Waals surface area contributed by atoms with Crippen LogP contribution in [0.1, 0.15) is 59.9 Å². The minimum atomic E-state index is -0.474. The Morgan fingerprint density at radius 2 is 1.75 bits per heavy atom. The third-order valence-corrected chi connectivity index (χ3v) is 5.05. The molecule has 28 heavy (non-hydrogen) atoms. The molecule has 0 bridgehead atoms. The van der Waals surface area contributed by atoms with Gasteiger partial charge in [0, 0.05) is 31.9 Å². The van der Waals surface area contributed by atoms with Crippen LogP contribution in [-0.4, -0.2) is 37.7 Å². The molecule has 1 rings (SSSR count). The zero-order valence-corrected chi connectivity index (χ0v) is 18.6. The smallest absolute Gasteiger partial charge is 0.262 e. The van der Waals surface area contributed by atoms with Crippen LogP contribution in [-0.2, 0) is 9.53 Å². The molecule has 1 aromatic carbocycles. The molecule has 1 N–H and O–H groups in total. The van der Waals surface area contributed by atoms with Crippen molar-refractivity contribution in [2.24, 2.45) is 0 Å². The number of hydrogen-bond donors (Lipinski definition) is 1. The lowest BCUT2D eigenvalue weighted by Gasteiger charge is -2.29. The quantitative estimate of drug-likeness (QED) is 0.501. The van der Waals surface area contributed by atoms with Crippen LogP contribution in [0.25, 0.3) is 5.57 Å². The summed E-state index contributed by atoms with van der Waals surface area (Å²) in [7, 11) is 3.94. The summed E-state index contributed by atoms with van der Waals surface area (Å²) in [6.45, 7) is 12.4. The average Bonchev–Trinajstić information content (AvgIpc) is 2.61. The Morgan fingerprint density at radius 3 is 2.21 bits per heavy atom. The Hall–Kier alpha value is -2.32. The van der Waals surface area contributed by atoms with Crippen LogP contribution in [0.15, 0.2) is 29.8 Å². The number of allylic oxidation sites excluding steroid dienone is 1. The van der Waals surface area contributed by atoms with Gasteiger partial charge in [0.1, 0.15) is 11.6 Å². The van der Waals surface area contributed by atoms with Crippen LogP contribution >= 0.6 is 0 Å². The van der Waals surface area contributed by atoms with Gasteiger partial charge < -0.3 is 15.0 Å². The number of hydrogen-bond acceptors (Lipinski definition) is 4. The molecular formula is C23H35N3O2. The first-order valence-corrected chi connectivity index (χ1v) is 9.77. The van der Waals surface area contributed by atoms with E-state index in [0.29, 0.717) is 18.6 Å². The Labute approximate surface area is 170 Å². The second-order valence-electron chi connectivity index (χ2n) is 8.60. The molecule has 0 aliphatic heterocycles. The van der Waals surface area contributed by atoms with E-state index in [4.69, 9.17) is 4.74 Å². The van der Waals surface area contributed by atoms with E-state index in [1.54, 1.807) is 0 Å². The van der Waals surface area contributed by atoms with Gasteiger partial charge in [0.15, 0.2) is 0 Å². The lowest BCUT2D eigenvalue weighted by Crippen LogP contribution is -2.45. The number of carbonyl (C=O) groups is 1. The highest BCUT2D eigenvalue weighted by Crippen LogP contribution is 2.22. The van der Waals surface area contributed by atoms with Crippen molar-refractivity contribution in [2.45, 2.75) is 65.5 Å². The van der Waals surface area contributed by atoms with Crippen molar-refractivity contribution in [3.63, 3.8) is 0 Å². The first-order valence-electron chi connectivity index (χ1n) is 9.77. The molecule has 5 heteroatoms. The van der Waals surface area contributed by atoms with E-state index in [-0.39, 0.29) is 17.1 Å². The van der Waals surface area contributed by atoms with Crippen molar-refractivity contribution in [1.29, 1.82) is 5.26 Å². The van der Waals surface area contributed by atoms with Gasteiger partial charge in [-0.2, -0.15) is 5.26 Å². The molecule has 0 spiro atoms. The lowest BCUT2D eigenvalue weighted by molar-refractivity contribution is -0.119. The number of ether oxygens (including phenoxy) is 1. The number of carbonyl (C=O) groups excluding carboxylic acids is 1. The Bertz CT molecular complexity index is 738. The normalized spacial score (nSPS) is 12.8. The van der Waals surface area contributed by atoms with E-state index in [0.717, 1.165) is 17.7 Å². The van der Waals surface area contributed by atoms with Gasteiger partial charge in [-0.05, 0) is 70.7 Å². The van der Waals surface area contributed by atoms with Crippen LogP contribution in [0.2, 0.25) is 0 Å². The number of nitrogens with zero attached hydrogens (tertiary/aromatic N) is 2. The third kappa shape index (κ3) is 7.01. The number of nitrogens with one attached hydrogen (secondary N) is 1. The van der Waals surface area contributed by atoms with Gasteiger partial charge in [0.05, 0.1) is 5.60 Å². The molecule has 0 fully saturated rings. The summed E-state index contributed by atoms with van der Waals surface area (Å²) >= 11 is 0. The van der Waals surface area contributed by atoms with Gasteiger partial charge in [0.2, 0.25) is 0 Å². The van der Waals surface area contributed by atoms with Gasteiger partial charge in [0.25, 0.3) is 5.91 Å². The number of amides is 1. The van der Waals surface area contributed by atoms with Crippen LogP contribution in [0, 0.1) is 11.3 Å². The second kappa shape index (κ2) is 9.75. The van der Waals surface area contributed by atoms with Crippen molar-refractivity contribution in [3.05, 3.63) is 35.4 Å². The fraction of sp³-hybridized carbons (Fsp3) is 0.565. The highest BCUT2D eigenvalue weighted by molar-refractivity contribution is 6.04. The largest absolute Gasteiger partial charge is 0.378 e. The zero-order chi connectivity index (χ0) is 21.5. The summed E-state index contributed by atoms with van der Waals surface area (Å²) < 4.78 is 5.90. The highest BCUT2D eigenvalue weighted by Gasteiger charge is 2.25. The number of anilines is 1. The van der Waals surface area contributed by atoms with Crippen molar-refractivity contribution >= 4 is 17.2 Å². The van der Waals surface area contributed by atoms with E-state index in [2.05, 4.69) is 32.2 Å². The zero-order valence-electron chi connectivity index (χ0n) is 18.6. The maximum atomic E-state index is 12.8. The number of benzene rings is 1. The van der Waals surface area contributed by atoms with E-state index in [9.17, 15) is 10.1 Å². The van der Waals surface area contributed by atoms with E-state index in [1.165, 1.54) is 0 Å². The SMILES string of the molecule is CCC(C)(C)OCCC(C)(C)NC(=O)C(C#N)=C(C)c1ccc(N(C)C)cc1. The maximum absolute atomic E-state index is 12.8. The fourth-order valence-electron chi connectivity index (χ4n) is 2.58. The van der Waals surface area contributed by atoms with Crippen LogP contribution < -0.4 is 10.2 Å². The molecule has 0 aromatic heterocycles. The van der Waals surface area contributed by atoms with Crippen molar-refractivity contribution in [1.82, 2.24) is 5.32 Å². The van der Waals surface area contributed by atoms with Gasteiger partial charge in [-0.1, -0.05) is 19.1 Å². The van der Waals surface area contributed by atoms with Crippen LogP contribution in [0.5, 0.6) is 0 Å². The molecule has 5 nitrogen and oxygen atoms in total. The molecule has 1 amide bonds. The number of nitriles is 1. The number of rotatable bonds is 9. The molecule has 0 heterocycles. The minimum Gasteiger partial charge on any atom is -0.378 e. The summed E-state index contributed by atoms with van der Waals surface area (Å²) in [5.74, 6) is -0.351. The molecule has 0 saturated heterocycles. The van der Waals surface area contributed by atoms with Gasteiger partial charge >= 0.3 is 0 Å². The Balaban J connectivity index is 2.88. The van der Waals surface area contributed by atoms with Crippen LogP contribution in [0.4, 0.5) is 5.69 Å². The molecule has 0 radical (unpaired) electrons. The van der Waals surface area contributed by atoms with Crippen molar-refractivity contribution in [3.8, 4) is 6.07 Å². The summed E-state index contributed by atoms with van der Waals surface area (Å²) in [6, 6.07) is 9.89. The van der Waals surface area contributed by atoms with Gasteiger partial charge in [-0.3, -0.25) is 4.79 Å². The molecular weight excluding hydrogens is 350 g/mol. The van der Waals surface area contributed by atoms with Crippen molar-refractivity contribution in [2.75, 3.05) is 25.6 Å². The van der Waals surface area contributed by atoms with E-state index in [1.807, 2.05) is 64.0 Å². The third-order valence-electron chi connectivity index (χ3n) is 5.05. The molecule has 0 unspecified atom stereocenters. The van der Waals surface area contributed by atoms with Crippen LogP contribution in [0.3, 0.4) is 0 Å².